The number of nitrogens with zero attached hydrogens (tertiary/aromatic N) is 2. The number of aromatic nitrogens is 2. The summed E-state index contributed by atoms with van der Waals surface area (Å²) in [6.07, 6.45) is 2.32. The van der Waals surface area contributed by atoms with Crippen LogP contribution in [0.5, 0.6) is 0 Å². The number of carbonyl (C=O) groups excluding carboxylic acids is 1. The summed E-state index contributed by atoms with van der Waals surface area (Å²) in [7, 11) is 0. The number of pyridine rings is 1. The molecule has 3 aromatic rings. The molecular formula is C18H19N3O. The summed E-state index contributed by atoms with van der Waals surface area (Å²) in [5.74, 6) is -0.0322. The molecular weight excluding hydrogens is 274 g/mol. The average Bonchev–Trinajstić information content (AvgIpc) is 2.78. The van der Waals surface area contributed by atoms with E-state index in [1.165, 1.54) is 5.56 Å². The van der Waals surface area contributed by atoms with Gasteiger partial charge in [-0.15, -0.1) is 0 Å². The number of aryl methyl sites for hydroxylation is 3. The van der Waals surface area contributed by atoms with Gasteiger partial charge in [-0.3, -0.25) is 4.79 Å². The summed E-state index contributed by atoms with van der Waals surface area (Å²) in [5.41, 5.74) is 5.79. The van der Waals surface area contributed by atoms with Crippen molar-refractivity contribution >= 4 is 17.2 Å². The maximum absolute atomic E-state index is 12.3. The number of hydrogen-bond acceptors (Lipinski definition) is 2. The summed E-state index contributed by atoms with van der Waals surface area (Å²) >= 11 is 0. The summed E-state index contributed by atoms with van der Waals surface area (Å²) in [6.45, 7) is 6.03. The van der Waals surface area contributed by atoms with Crippen molar-refractivity contribution in [3.8, 4) is 0 Å². The molecule has 2 aromatic heterocycles. The van der Waals surface area contributed by atoms with E-state index in [1.807, 2.05) is 67.8 Å². The lowest BCUT2D eigenvalue weighted by atomic mass is 10.1. The number of hydrogen-bond donors (Lipinski definition) is 1. The van der Waals surface area contributed by atoms with Crippen LogP contribution in [0.1, 0.15) is 22.5 Å². The third-order valence-corrected chi connectivity index (χ3v) is 3.89. The lowest BCUT2D eigenvalue weighted by Gasteiger charge is -2.07. The molecule has 0 aliphatic carbocycles. The van der Waals surface area contributed by atoms with E-state index in [0.29, 0.717) is 6.42 Å². The van der Waals surface area contributed by atoms with Crippen molar-refractivity contribution in [2.45, 2.75) is 27.2 Å². The van der Waals surface area contributed by atoms with Gasteiger partial charge in [-0.1, -0.05) is 29.8 Å². The van der Waals surface area contributed by atoms with Crippen molar-refractivity contribution < 1.29 is 4.79 Å². The molecule has 0 radical (unpaired) electrons. The molecule has 2 heterocycles. The number of imidazole rings is 1. The molecule has 0 saturated carbocycles. The molecule has 0 saturated heterocycles. The zero-order chi connectivity index (χ0) is 15.7. The summed E-state index contributed by atoms with van der Waals surface area (Å²) in [6, 6.07) is 11.8. The highest BCUT2D eigenvalue weighted by Crippen LogP contribution is 2.19. The van der Waals surface area contributed by atoms with Crippen molar-refractivity contribution in [2.24, 2.45) is 0 Å². The number of nitrogens with one attached hydrogen (secondary N) is 1. The number of fused-ring (bicyclic) bond motifs is 1. The van der Waals surface area contributed by atoms with Gasteiger partial charge < -0.3 is 9.72 Å². The first-order valence-electron chi connectivity index (χ1n) is 7.34. The van der Waals surface area contributed by atoms with Crippen molar-refractivity contribution in [2.75, 3.05) is 5.32 Å². The van der Waals surface area contributed by atoms with E-state index < -0.39 is 0 Å². The van der Waals surface area contributed by atoms with E-state index in [4.69, 9.17) is 0 Å². The molecule has 4 heteroatoms. The second-order valence-corrected chi connectivity index (χ2v) is 5.61. The van der Waals surface area contributed by atoms with E-state index in [9.17, 15) is 4.79 Å². The van der Waals surface area contributed by atoms with E-state index in [0.717, 1.165) is 28.3 Å². The molecule has 0 bridgehead atoms. The van der Waals surface area contributed by atoms with Crippen LogP contribution in [0.3, 0.4) is 0 Å². The van der Waals surface area contributed by atoms with Crippen molar-refractivity contribution in [3.63, 3.8) is 0 Å². The van der Waals surface area contributed by atoms with Crippen molar-refractivity contribution in [1.29, 1.82) is 0 Å². The van der Waals surface area contributed by atoms with Crippen LogP contribution in [0.4, 0.5) is 5.69 Å². The molecule has 0 aliphatic heterocycles. The minimum Gasteiger partial charge on any atom is -0.323 e. The summed E-state index contributed by atoms with van der Waals surface area (Å²) in [4.78, 5) is 16.8. The van der Waals surface area contributed by atoms with Crippen LogP contribution in [0.25, 0.3) is 5.65 Å². The first kappa shape index (κ1) is 14.3. The lowest BCUT2D eigenvalue weighted by Crippen LogP contribution is -2.15. The molecule has 0 atom stereocenters. The number of amides is 1. The lowest BCUT2D eigenvalue weighted by molar-refractivity contribution is -0.115. The third-order valence-electron chi connectivity index (χ3n) is 3.89. The van der Waals surface area contributed by atoms with E-state index in [-0.39, 0.29) is 5.91 Å². The Balaban J connectivity index is 1.82. The SMILES string of the molecule is Cc1ccc(CC(=O)Nc2cccn3c(C)c(C)nc23)cc1. The Bertz CT molecular complexity index is 831. The van der Waals surface area contributed by atoms with Crippen LogP contribution in [-0.4, -0.2) is 15.3 Å². The fourth-order valence-corrected chi connectivity index (χ4v) is 2.48. The van der Waals surface area contributed by atoms with Crippen LogP contribution in [0, 0.1) is 20.8 Å². The molecule has 3 rings (SSSR count). The van der Waals surface area contributed by atoms with Crippen LogP contribution in [0.2, 0.25) is 0 Å². The second kappa shape index (κ2) is 5.64. The van der Waals surface area contributed by atoms with Gasteiger partial charge in [0.1, 0.15) is 0 Å². The zero-order valence-corrected chi connectivity index (χ0v) is 13.1. The minimum atomic E-state index is -0.0322. The van der Waals surface area contributed by atoms with Gasteiger partial charge in [0, 0.05) is 11.9 Å². The molecule has 1 amide bonds. The standard InChI is InChI=1S/C18H19N3O/c1-12-6-8-15(9-7-12)11-17(22)20-16-5-4-10-21-14(3)13(2)19-18(16)21/h4-10H,11H2,1-3H3,(H,20,22). The Labute approximate surface area is 129 Å². The highest BCUT2D eigenvalue weighted by atomic mass is 16.1. The Kier molecular flexibility index (Phi) is 3.67. The molecule has 1 aromatic carbocycles. The van der Waals surface area contributed by atoms with Crippen molar-refractivity contribution in [1.82, 2.24) is 9.38 Å². The molecule has 1 N–H and O–H groups in total. The van der Waals surface area contributed by atoms with Crippen LogP contribution < -0.4 is 5.32 Å². The Morgan fingerprint density at radius 1 is 1.14 bits per heavy atom. The maximum Gasteiger partial charge on any atom is 0.228 e. The van der Waals surface area contributed by atoms with Crippen LogP contribution >= 0.6 is 0 Å². The van der Waals surface area contributed by atoms with Gasteiger partial charge in [-0.25, -0.2) is 4.98 Å². The fraction of sp³-hybridized carbons (Fsp3) is 0.222. The molecule has 22 heavy (non-hydrogen) atoms. The van der Waals surface area contributed by atoms with Gasteiger partial charge in [0.25, 0.3) is 0 Å². The topological polar surface area (TPSA) is 46.4 Å². The predicted octanol–water partition coefficient (Wildman–Crippen LogP) is 3.44. The number of rotatable bonds is 3. The first-order chi connectivity index (χ1) is 10.5. The molecule has 0 unspecified atom stereocenters. The fourth-order valence-electron chi connectivity index (χ4n) is 2.48. The number of benzene rings is 1. The Hall–Kier alpha value is -2.62. The number of anilines is 1. The summed E-state index contributed by atoms with van der Waals surface area (Å²) in [5, 5.41) is 2.97. The third kappa shape index (κ3) is 2.72. The van der Waals surface area contributed by atoms with Gasteiger partial charge in [0.15, 0.2) is 5.65 Å². The Morgan fingerprint density at radius 2 is 1.86 bits per heavy atom. The van der Waals surface area contributed by atoms with Gasteiger partial charge in [0.2, 0.25) is 5.91 Å². The largest absolute Gasteiger partial charge is 0.323 e. The number of carbonyl (C=O) groups is 1. The molecule has 4 nitrogen and oxygen atoms in total. The zero-order valence-electron chi connectivity index (χ0n) is 13.1. The first-order valence-corrected chi connectivity index (χ1v) is 7.34. The highest BCUT2D eigenvalue weighted by Gasteiger charge is 2.11. The average molecular weight is 293 g/mol. The molecule has 112 valence electrons. The van der Waals surface area contributed by atoms with Crippen molar-refractivity contribution in [3.05, 3.63) is 65.1 Å². The van der Waals surface area contributed by atoms with Gasteiger partial charge in [-0.05, 0) is 38.5 Å². The Morgan fingerprint density at radius 3 is 2.59 bits per heavy atom. The molecule has 0 aliphatic rings. The van der Waals surface area contributed by atoms with Gasteiger partial charge >= 0.3 is 0 Å². The normalized spacial score (nSPS) is 10.9. The smallest absolute Gasteiger partial charge is 0.228 e. The van der Waals surface area contributed by atoms with E-state index in [1.54, 1.807) is 0 Å². The minimum absolute atomic E-state index is 0.0322. The van der Waals surface area contributed by atoms with Gasteiger partial charge in [0.05, 0.1) is 17.8 Å². The quantitative estimate of drug-likeness (QED) is 0.804. The van der Waals surface area contributed by atoms with Crippen LogP contribution in [0.15, 0.2) is 42.6 Å². The van der Waals surface area contributed by atoms with Crippen LogP contribution in [-0.2, 0) is 11.2 Å². The second-order valence-electron chi connectivity index (χ2n) is 5.61. The molecule has 0 fully saturated rings. The monoisotopic (exact) mass is 293 g/mol. The highest BCUT2D eigenvalue weighted by molar-refractivity contribution is 5.95. The maximum atomic E-state index is 12.3. The van der Waals surface area contributed by atoms with Gasteiger partial charge in [-0.2, -0.15) is 0 Å². The summed E-state index contributed by atoms with van der Waals surface area (Å²) < 4.78 is 2.00. The molecule has 0 spiro atoms. The van der Waals surface area contributed by atoms with E-state index in [2.05, 4.69) is 10.3 Å². The van der Waals surface area contributed by atoms with E-state index >= 15 is 0 Å². The predicted molar refractivity (Wildman–Crippen MR) is 88.2 cm³/mol.